The van der Waals surface area contributed by atoms with Crippen molar-refractivity contribution in [2.45, 2.75) is 26.2 Å². The van der Waals surface area contributed by atoms with Crippen molar-refractivity contribution >= 4 is 29.7 Å². The highest BCUT2D eigenvalue weighted by molar-refractivity contribution is 6.34. The minimum absolute atomic E-state index is 0.252. The smallest absolute Gasteiger partial charge is 0.266 e. The first kappa shape index (κ1) is 31.9. The highest BCUT2D eigenvalue weighted by Gasteiger charge is 2.37. The van der Waals surface area contributed by atoms with E-state index in [1.807, 2.05) is 67.6 Å². The van der Waals surface area contributed by atoms with Crippen molar-refractivity contribution in [3.63, 3.8) is 0 Å². The van der Waals surface area contributed by atoms with Gasteiger partial charge in [0.25, 0.3) is 17.7 Å². The predicted molar refractivity (Wildman–Crippen MR) is 184 cm³/mol. The number of ether oxygens (including phenoxy) is 2. The van der Waals surface area contributed by atoms with Gasteiger partial charge in [-0.25, -0.2) is 4.90 Å². The van der Waals surface area contributed by atoms with Crippen LogP contribution in [0.2, 0.25) is 0 Å². The molecule has 0 fully saturated rings. The van der Waals surface area contributed by atoms with E-state index in [2.05, 4.69) is 13.8 Å². The van der Waals surface area contributed by atoms with E-state index in [9.17, 15) is 19.2 Å². The van der Waals surface area contributed by atoms with Crippen LogP contribution in [-0.4, -0.2) is 43.0 Å². The fourth-order valence-electron chi connectivity index (χ4n) is 5.67. The Hall–Kier alpha value is -6.02. The predicted octanol–water partition coefficient (Wildman–Crippen LogP) is 8.22. The Bertz CT molecular complexity index is 2050. The fraction of sp³-hybridized carbons (Fsp3) is 0.150. The van der Waals surface area contributed by atoms with E-state index in [0.29, 0.717) is 51.7 Å². The number of hydrogen-bond donors (Lipinski definition) is 0. The topological polar surface area (TPSA) is 93.2 Å². The lowest BCUT2D eigenvalue weighted by molar-refractivity contribution is 0.0823. The van der Waals surface area contributed by atoms with Gasteiger partial charge in [0.15, 0.2) is 6.29 Å². The standard InChI is InChI=1S/C40H34N2O6/c1-25-6-12-29(13-7-25)42-38(45)35-21-19-33(23-36(35)39(42)46)48-31-16-10-28(11-17-31)40(2,3)27-8-14-30(15-9-27)47-32-18-20-34(26(22-32)24-43)37(44)41(4)5/h6-24H,1-5H3. The van der Waals surface area contributed by atoms with Crippen LogP contribution in [0, 0.1) is 6.92 Å². The second kappa shape index (κ2) is 12.6. The normalized spacial score (nSPS) is 12.5. The SMILES string of the molecule is Cc1ccc(N2C(=O)c3ccc(Oc4ccc(C(C)(C)c5ccc(Oc6ccc(C(=O)N(C)C)c(C=O)c6)cc5)cc4)cc3C2=O)cc1. The first-order valence-corrected chi connectivity index (χ1v) is 15.4. The molecule has 3 amide bonds. The van der Waals surface area contributed by atoms with Gasteiger partial charge in [0.1, 0.15) is 23.0 Å². The van der Waals surface area contributed by atoms with Gasteiger partial charge in [0.05, 0.1) is 22.4 Å². The number of amides is 3. The summed E-state index contributed by atoms with van der Waals surface area (Å²) in [5, 5.41) is 0. The van der Waals surface area contributed by atoms with Crippen molar-refractivity contribution in [1.29, 1.82) is 0 Å². The molecule has 48 heavy (non-hydrogen) atoms. The molecule has 0 saturated heterocycles. The minimum Gasteiger partial charge on any atom is -0.457 e. The molecular formula is C40H34N2O6. The van der Waals surface area contributed by atoms with Crippen LogP contribution in [0.25, 0.3) is 0 Å². The molecule has 0 aliphatic carbocycles. The molecule has 1 heterocycles. The van der Waals surface area contributed by atoms with Gasteiger partial charge in [-0.2, -0.15) is 0 Å². The summed E-state index contributed by atoms with van der Waals surface area (Å²) in [6.07, 6.45) is 0.653. The Kier molecular flexibility index (Phi) is 8.41. The summed E-state index contributed by atoms with van der Waals surface area (Å²) in [6.45, 7) is 6.20. The van der Waals surface area contributed by atoms with Crippen LogP contribution in [0.4, 0.5) is 5.69 Å². The molecule has 0 spiro atoms. The first-order chi connectivity index (χ1) is 23.0. The average Bonchev–Trinajstić information content (AvgIpc) is 3.33. The van der Waals surface area contributed by atoms with Crippen LogP contribution in [0.1, 0.15) is 72.0 Å². The molecule has 0 atom stereocenters. The van der Waals surface area contributed by atoms with Gasteiger partial charge in [-0.05, 0) is 90.8 Å². The molecule has 0 bridgehead atoms. The van der Waals surface area contributed by atoms with Gasteiger partial charge in [0, 0.05) is 25.1 Å². The number of carbonyl (C=O) groups excluding carboxylic acids is 4. The Morgan fingerprint density at radius 2 is 1.17 bits per heavy atom. The Morgan fingerprint density at radius 1 is 0.667 bits per heavy atom. The van der Waals surface area contributed by atoms with Crippen molar-refractivity contribution in [2.24, 2.45) is 0 Å². The molecule has 1 aliphatic heterocycles. The maximum atomic E-state index is 13.2. The summed E-state index contributed by atoms with van der Waals surface area (Å²) in [6, 6.07) is 32.5. The number of imide groups is 1. The van der Waals surface area contributed by atoms with Gasteiger partial charge in [-0.15, -0.1) is 0 Å². The number of aldehydes is 1. The van der Waals surface area contributed by atoms with Crippen molar-refractivity contribution in [1.82, 2.24) is 4.90 Å². The van der Waals surface area contributed by atoms with Crippen molar-refractivity contribution < 1.29 is 28.7 Å². The number of anilines is 1. The van der Waals surface area contributed by atoms with Crippen molar-refractivity contribution in [2.75, 3.05) is 19.0 Å². The summed E-state index contributed by atoms with van der Waals surface area (Å²) in [7, 11) is 3.27. The Morgan fingerprint density at radius 3 is 1.71 bits per heavy atom. The molecule has 5 aromatic rings. The second-order valence-corrected chi connectivity index (χ2v) is 12.4. The monoisotopic (exact) mass is 638 g/mol. The number of nitrogens with zero attached hydrogens (tertiary/aromatic N) is 2. The average molecular weight is 639 g/mol. The van der Waals surface area contributed by atoms with Crippen LogP contribution in [0.5, 0.6) is 23.0 Å². The largest absolute Gasteiger partial charge is 0.457 e. The summed E-state index contributed by atoms with van der Waals surface area (Å²) in [5.41, 5.74) is 4.58. The number of aryl methyl sites for hydroxylation is 1. The number of hydrogen-bond acceptors (Lipinski definition) is 6. The molecule has 240 valence electrons. The van der Waals surface area contributed by atoms with E-state index < -0.39 is 0 Å². The molecule has 0 aromatic heterocycles. The number of benzene rings is 5. The Balaban J connectivity index is 1.13. The van der Waals surface area contributed by atoms with Gasteiger partial charge >= 0.3 is 0 Å². The second-order valence-electron chi connectivity index (χ2n) is 12.4. The Labute approximate surface area is 279 Å². The molecule has 0 unspecified atom stereocenters. The number of carbonyl (C=O) groups is 4. The number of rotatable bonds is 9. The minimum atomic E-state index is -0.377. The van der Waals surface area contributed by atoms with Crippen LogP contribution >= 0.6 is 0 Å². The van der Waals surface area contributed by atoms with Crippen molar-refractivity contribution in [3.05, 3.63) is 148 Å². The number of fused-ring (bicyclic) bond motifs is 1. The summed E-state index contributed by atoms with van der Waals surface area (Å²) < 4.78 is 12.1. The third-order valence-corrected chi connectivity index (χ3v) is 8.56. The van der Waals surface area contributed by atoms with Crippen LogP contribution < -0.4 is 14.4 Å². The molecule has 0 saturated carbocycles. The van der Waals surface area contributed by atoms with Crippen molar-refractivity contribution in [3.8, 4) is 23.0 Å². The zero-order valence-corrected chi connectivity index (χ0v) is 27.3. The third kappa shape index (κ3) is 6.08. The van der Waals surface area contributed by atoms with Crippen LogP contribution in [0.3, 0.4) is 0 Å². The zero-order valence-electron chi connectivity index (χ0n) is 27.3. The van der Waals surface area contributed by atoms with E-state index in [1.165, 1.54) is 9.80 Å². The maximum absolute atomic E-state index is 13.2. The van der Waals surface area contributed by atoms with Gasteiger partial charge < -0.3 is 14.4 Å². The lowest BCUT2D eigenvalue weighted by Crippen LogP contribution is -2.29. The van der Waals surface area contributed by atoms with Gasteiger partial charge in [-0.3, -0.25) is 19.2 Å². The first-order valence-electron chi connectivity index (χ1n) is 15.4. The summed E-state index contributed by atoms with van der Waals surface area (Å²) in [5.74, 6) is 1.13. The lowest BCUT2D eigenvalue weighted by atomic mass is 9.78. The molecule has 8 nitrogen and oxygen atoms in total. The third-order valence-electron chi connectivity index (χ3n) is 8.56. The summed E-state index contributed by atoms with van der Waals surface area (Å²) >= 11 is 0. The fourth-order valence-corrected chi connectivity index (χ4v) is 5.67. The molecule has 0 N–H and O–H groups in total. The lowest BCUT2D eigenvalue weighted by Gasteiger charge is -2.26. The molecule has 5 aromatic carbocycles. The van der Waals surface area contributed by atoms with Gasteiger partial charge in [0.2, 0.25) is 0 Å². The molecule has 8 heteroatoms. The quantitative estimate of drug-likeness (QED) is 0.119. The molecule has 1 aliphatic rings. The molecular weight excluding hydrogens is 604 g/mol. The summed E-state index contributed by atoms with van der Waals surface area (Å²) in [4.78, 5) is 52.8. The van der Waals surface area contributed by atoms with E-state index in [0.717, 1.165) is 16.7 Å². The van der Waals surface area contributed by atoms with E-state index in [-0.39, 0.29) is 28.7 Å². The van der Waals surface area contributed by atoms with E-state index >= 15 is 0 Å². The van der Waals surface area contributed by atoms with E-state index in [4.69, 9.17) is 9.47 Å². The maximum Gasteiger partial charge on any atom is 0.266 e. The highest BCUT2D eigenvalue weighted by Crippen LogP contribution is 2.36. The molecule has 6 rings (SSSR count). The van der Waals surface area contributed by atoms with Gasteiger partial charge in [-0.1, -0.05) is 55.8 Å². The molecule has 0 radical (unpaired) electrons. The van der Waals surface area contributed by atoms with Crippen LogP contribution in [-0.2, 0) is 5.41 Å². The van der Waals surface area contributed by atoms with E-state index in [1.54, 1.807) is 62.6 Å². The highest BCUT2D eigenvalue weighted by atomic mass is 16.5. The van der Waals surface area contributed by atoms with Crippen LogP contribution in [0.15, 0.2) is 109 Å². The zero-order chi connectivity index (χ0) is 34.2.